The molecule has 0 saturated carbocycles. The Hall–Kier alpha value is -4.05. The first kappa shape index (κ1) is 24.1. The number of carbonyl (C=O) groups is 2. The summed E-state index contributed by atoms with van der Waals surface area (Å²) in [6.07, 6.45) is 0. The average molecular weight is 495 g/mol. The highest BCUT2D eigenvalue weighted by Gasteiger charge is 2.25. The summed E-state index contributed by atoms with van der Waals surface area (Å²) in [5.41, 5.74) is 0.682. The highest BCUT2D eigenvalue weighted by atomic mass is 32.1. The van der Waals surface area contributed by atoms with Crippen LogP contribution in [0.1, 0.15) is 20.8 Å². The number of hydrogen-bond donors (Lipinski definition) is 1. The number of fused-ring (bicyclic) bond motifs is 1. The van der Waals surface area contributed by atoms with Crippen LogP contribution in [0.25, 0.3) is 15.9 Å². The summed E-state index contributed by atoms with van der Waals surface area (Å²) in [6, 6.07) is 12.1. The average Bonchev–Trinajstić information content (AvgIpc) is 3.14. The molecule has 4 rings (SSSR count). The van der Waals surface area contributed by atoms with E-state index in [2.05, 4.69) is 5.32 Å². The minimum Gasteiger partial charge on any atom is -0.344 e. The largest absolute Gasteiger partial charge is 0.344 e. The molecule has 8 nitrogen and oxygen atoms in total. The molecule has 35 heavy (non-hydrogen) atoms. The molecule has 0 atom stereocenters. The zero-order chi connectivity index (χ0) is 25.4. The molecule has 2 aromatic heterocycles. The molecule has 0 spiro atoms. The molecule has 180 valence electrons. The summed E-state index contributed by atoms with van der Waals surface area (Å²) in [5, 5.41) is 2.92. The van der Waals surface area contributed by atoms with Gasteiger partial charge in [-0.15, -0.1) is 11.3 Å². The molecule has 10 heteroatoms. The molecule has 2 aromatic carbocycles. The van der Waals surface area contributed by atoms with E-state index < -0.39 is 23.0 Å². The molecule has 0 fully saturated rings. The summed E-state index contributed by atoms with van der Waals surface area (Å²) in [4.78, 5) is 54.6. The van der Waals surface area contributed by atoms with E-state index in [0.717, 1.165) is 33.6 Å². The number of aromatic nitrogens is 2. The quantitative estimate of drug-likeness (QED) is 0.461. The summed E-state index contributed by atoms with van der Waals surface area (Å²) in [6.45, 7) is 3.13. The SMILES string of the molecule is Cc1cccc(NC(=O)Cn2c(=O)n(-c3ccc(F)cc3)c(=O)c3c(C)c(C(=O)N(C)C)sc32)c1. The number of carbonyl (C=O) groups excluding carboxylic acids is 2. The van der Waals surface area contributed by atoms with Crippen LogP contribution in [0, 0.1) is 19.7 Å². The van der Waals surface area contributed by atoms with Gasteiger partial charge < -0.3 is 10.2 Å². The van der Waals surface area contributed by atoms with E-state index in [-0.39, 0.29) is 28.4 Å². The number of nitrogens with one attached hydrogen (secondary N) is 1. The number of nitrogens with zero attached hydrogens (tertiary/aromatic N) is 3. The Morgan fingerprint density at radius 2 is 1.74 bits per heavy atom. The minimum atomic E-state index is -0.765. The first-order valence-electron chi connectivity index (χ1n) is 10.7. The van der Waals surface area contributed by atoms with Gasteiger partial charge in [0.2, 0.25) is 5.91 Å². The minimum absolute atomic E-state index is 0.155. The normalized spacial score (nSPS) is 11.0. The molecule has 0 aliphatic rings. The fourth-order valence-corrected chi connectivity index (χ4v) is 5.09. The summed E-state index contributed by atoms with van der Waals surface area (Å²) < 4.78 is 15.6. The highest BCUT2D eigenvalue weighted by molar-refractivity contribution is 7.20. The van der Waals surface area contributed by atoms with Crippen LogP contribution in [-0.4, -0.2) is 39.9 Å². The van der Waals surface area contributed by atoms with Gasteiger partial charge in [0, 0.05) is 19.8 Å². The Labute approximate surface area is 203 Å². The number of hydrogen-bond acceptors (Lipinski definition) is 5. The topological polar surface area (TPSA) is 93.4 Å². The van der Waals surface area contributed by atoms with Crippen molar-refractivity contribution in [3.63, 3.8) is 0 Å². The van der Waals surface area contributed by atoms with Crippen LogP contribution in [0.5, 0.6) is 0 Å². The molecule has 2 amide bonds. The molecule has 0 radical (unpaired) electrons. The predicted octanol–water partition coefficient (Wildman–Crippen LogP) is 3.31. The third-order valence-corrected chi connectivity index (χ3v) is 6.80. The molecular formula is C25H23FN4O4S. The maximum Gasteiger partial charge on any atom is 0.337 e. The van der Waals surface area contributed by atoms with E-state index in [1.807, 2.05) is 13.0 Å². The van der Waals surface area contributed by atoms with E-state index >= 15 is 0 Å². The smallest absolute Gasteiger partial charge is 0.337 e. The van der Waals surface area contributed by atoms with Crippen LogP contribution >= 0.6 is 11.3 Å². The van der Waals surface area contributed by atoms with E-state index in [1.54, 1.807) is 39.2 Å². The lowest BCUT2D eigenvalue weighted by Gasteiger charge is -2.13. The molecule has 4 aromatic rings. The van der Waals surface area contributed by atoms with Crippen molar-refractivity contribution in [2.75, 3.05) is 19.4 Å². The molecule has 0 saturated heterocycles. The second-order valence-electron chi connectivity index (χ2n) is 8.34. The first-order valence-corrected chi connectivity index (χ1v) is 11.5. The Morgan fingerprint density at radius 1 is 1.06 bits per heavy atom. The zero-order valence-electron chi connectivity index (χ0n) is 19.6. The fourth-order valence-electron chi connectivity index (χ4n) is 3.78. The number of halogens is 1. The van der Waals surface area contributed by atoms with Crippen molar-refractivity contribution >= 4 is 39.1 Å². The van der Waals surface area contributed by atoms with Gasteiger partial charge in [-0.3, -0.25) is 19.0 Å². The van der Waals surface area contributed by atoms with Gasteiger partial charge >= 0.3 is 5.69 Å². The van der Waals surface area contributed by atoms with E-state index in [9.17, 15) is 23.6 Å². The fraction of sp³-hybridized carbons (Fsp3) is 0.200. The molecule has 0 unspecified atom stereocenters. The number of benzene rings is 2. The maximum atomic E-state index is 13.5. The second-order valence-corrected chi connectivity index (χ2v) is 9.34. The van der Waals surface area contributed by atoms with Crippen molar-refractivity contribution in [3.8, 4) is 5.69 Å². The van der Waals surface area contributed by atoms with Gasteiger partial charge in [-0.2, -0.15) is 0 Å². The van der Waals surface area contributed by atoms with Gasteiger partial charge in [-0.25, -0.2) is 13.8 Å². The maximum absolute atomic E-state index is 13.5. The summed E-state index contributed by atoms with van der Waals surface area (Å²) >= 11 is 0.991. The van der Waals surface area contributed by atoms with Crippen LogP contribution in [0.15, 0.2) is 58.1 Å². The van der Waals surface area contributed by atoms with Crippen LogP contribution < -0.4 is 16.6 Å². The number of rotatable bonds is 5. The van der Waals surface area contributed by atoms with Crippen LogP contribution in [0.3, 0.4) is 0 Å². The van der Waals surface area contributed by atoms with Crippen LogP contribution in [-0.2, 0) is 11.3 Å². The number of thiophene rings is 1. The highest BCUT2D eigenvalue weighted by Crippen LogP contribution is 2.29. The van der Waals surface area contributed by atoms with Gasteiger partial charge in [-0.05, 0) is 61.4 Å². The third-order valence-electron chi connectivity index (χ3n) is 5.50. The summed E-state index contributed by atoms with van der Waals surface area (Å²) in [7, 11) is 3.18. The number of aryl methyl sites for hydroxylation is 2. The third kappa shape index (κ3) is 4.52. The molecule has 1 N–H and O–H groups in total. The lowest BCUT2D eigenvalue weighted by molar-refractivity contribution is -0.116. The molecule has 0 aliphatic heterocycles. The Kier molecular flexibility index (Phi) is 6.40. The lowest BCUT2D eigenvalue weighted by Crippen LogP contribution is -2.40. The van der Waals surface area contributed by atoms with Gasteiger partial charge in [0.25, 0.3) is 11.5 Å². The first-order chi connectivity index (χ1) is 16.6. The van der Waals surface area contributed by atoms with Crippen molar-refractivity contribution in [2.45, 2.75) is 20.4 Å². The number of amides is 2. The predicted molar refractivity (Wildman–Crippen MR) is 134 cm³/mol. The van der Waals surface area contributed by atoms with Crippen molar-refractivity contribution in [3.05, 3.63) is 91.2 Å². The van der Waals surface area contributed by atoms with Gasteiger partial charge in [0.1, 0.15) is 17.2 Å². The van der Waals surface area contributed by atoms with E-state index in [0.29, 0.717) is 16.1 Å². The summed E-state index contributed by atoms with van der Waals surface area (Å²) in [5.74, 6) is -1.32. The van der Waals surface area contributed by atoms with Crippen LogP contribution in [0.4, 0.5) is 10.1 Å². The van der Waals surface area contributed by atoms with Crippen molar-refractivity contribution in [1.82, 2.24) is 14.0 Å². The Balaban J connectivity index is 1.93. The van der Waals surface area contributed by atoms with Crippen molar-refractivity contribution < 1.29 is 14.0 Å². The molecular weight excluding hydrogens is 471 g/mol. The van der Waals surface area contributed by atoms with E-state index in [4.69, 9.17) is 0 Å². The van der Waals surface area contributed by atoms with Crippen molar-refractivity contribution in [2.24, 2.45) is 0 Å². The van der Waals surface area contributed by atoms with Gasteiger partial charge in [-0.1, -0.05) is 12.1 Å². The monoisotopic (exact) mass is 494 g/mol. The lowest BCUT2D eigenvalue weighted by atomic mass is 10.2. The van der Waals surface area contributed by atoms with Gasteiger partial charge in [0.15, 0.2) is 0 Å². The zero-order valence-corrected chi connectivity index (χ0v) is 20.4. The Morgan fingerprint density at radius 3 is 2.37 bits per heavy atom. The number of anilines is 1. The molecule has 2 heterocycles. The van der Waals surface area contributed by atoms with Gasteiger partial charge in [0.05, 0.1) is 16.0 Å². The Bertz CT molecular complexity index is 1580. The standard InChI is InChI=1S/C25H23FN4O4S/c1-14-6-5-7-17(12-14)27-19(31)13-29-24-20(15(2)21(35-24)23(33)28(3)4)22(32)30(25(29)34)18-10-8-16(26)9-11-18/h5-12H,13H2,1-4H3,(H,27,31). The molecule has 0 aliphatic carbocycles. The molecule has 0 bridgehead atoms. The van der Waals surface area contributed by atoms with Crippen LogP contribution in [0.2, 0.25) is 0 Å². The second kappa shape index (κ2) is 9.30. The van der Waals surface area contributed by atoms with E-state index in [1.165, 1.54) is 21.6 Å². The van der Waals surface area contributed by atoms with Crippen molar-refractivity contribution in [1.29, 1.82) is 0 Å².